The molecule has 5 heterocycles. The number of nitrogens with zero attached hydrogens (tertiary/aromatic N) is 5. The number of amides is 1. The summed E-state index contributed by atoms with van der Waals surface area (Å²) in [6, 6.07) is 5.41. The van der Waals surface area contributed by atoms with Gasteiger partial charge >= 0.3 is 11.8 Å². The van der Waals surface area contributed by atoms with E-state index >= 15 is 4.39 Å². The van der Waals surface area contributed by atoms with E-state index in [2.05, 4.69) is 9.88 Å². The second-order valence-electron chi connectivity index (χ2n) is 14.1. The maximum absolute atomic E-state index is 15.3. The maximum Gasteiger partial charge on any atom is 0.410 e. The van der Waals surface area contributed by atoms with Gasteiger partial charge in [-0.2, -0.15) is 4.98 Å². The van der Waals surface area contributed by atoms with E-state index in [9.17, 15) is 14.0 Å². The van der Waals surface area contributed by atoms with Crippen LogP contribution in [0.2, 0.25) is 5.02 Å². The van der Waals surface area contributed by atoms with Crippen LogP contribution in [0.4, 0.5) is 19.4 Å². The predicted molar refractivity (Wildman–Crippen MR) is 180 cm³/mol. The minimum absolute atomic E-state index is 0.117. The van der Waals surface area contributed by atoms with E-state index in [1.165, 1.54) is 12.1 Å². The zero-order chi connectivity index (χ0) is 33.2. The maximum atomic E-state index is 15.3. The number of carbonyl (C=O) groups excluding carboxylic acids is 1. The molecule has 3 saturated heterocycles. The van der Waals surface area contributed by atoms with Crippen molar-refractivity contribution in [3.8, 4) is 11.1 Å². The van der Waals surface area contributed by atoms with Crippen molar-refractivity contribution in [3.05, 3.63) is 51.4 Å². The van der Waals surface area contributed by atoms with Crippen LogP contribution in [0.1, 0.15) is 53.0 Å². The Hall–Kier alpha value is -2.93. The number of thioether (sulfide) groups is 1. The summed E-state index contributed by atoms with van der Waals surface area (Å²) in [7, 11) is 0. The lowest BCUT2D eigenvalue weighted by molar-refractivity contribution is 0.0218. The van der Waals surface area contributed by atoms with Crippen LogP contribution in [0.5, 0.6) is 0 Å². The minimum atomic E-state index is -0.718. The van der Waals surface area contributed by atoms with E-state index in [-0.39, 0.29) is 29.4 Å². The van der Waals surface area contributed by atoms with Gasteiger partial charge in [0.1, 0.15) is 23.1 Å². The van der Waals surface area contributed by atoms with Gasteiger partial charge in [-0.3, -0.25) is 9.47 Å². The number of aromatic nitrogens is 2. The summed E-state index contributed by atoms with van der Waals surface area (Å²) >= 11 is 8.51. The van der Waals surface area contributed by atoms with Gasteiger partial charge in [0, 0.05) is 77.5 Å². The third kappa shape index (κ3) is 6.22. The molecule has 47 heavy (non-hydrogen) atoms. The van der Waals surface area contributed by atoms with Crippen LogP contribution in [0.25, 0.3) is 22.0 Å². The molecule has 1 aromatic heterocycles. The number of morpholine rings is 1. The van der Waals surface area contributed by atoms with Gasteiger partial charge in [-0.25, -0.2) is 18.4 Å². The number of rotatable bonds is 6. The molecule has 2 bridgehead atoms. The van der Waals surface area contributed by atoms with E-state index in [1.807, 2.05) is 32.6 Å². The number of benzene rings is 2. The van der Waals surface area contributed by atoms with E-state index < -0.39 is 17.2 Å². The van der Waals surface area contributed by atoms with Crippen LogP contribution in [-0.2, 0) is 9.47 Å². The van der Waals surface area contributed by atoms with Crippen molar-refractivity contribution in [2.75, 3.05) is 50.0 Å². The first kappa shape index (κ1) is 32.6. The van der Waals surface area contributed by atoms with Crippen LogP contribution >= 0.6 is 23.4 Å². The van der Waals surface area contributed by atoms with E-state index in [0.29, 0.717) is 69.7 Å². The normalized spacial score (nSPS) is 24.4. The highest BCUT2D eigenvalue weighted by Gasteiger charge is 2.39. The number of hydrogen-bond acceptors (Lipinski definition) is 8. The van der Waals surface area contributed by atoms with Gasteiger partial charge in [0.25, 0.3) is 0 Å². The number of halogens is 3. The van der Waals surface area contributed by atoms with Gasteiger partial charge in [-0.15, -0.1) is 11.8 Å². The highest BCUT2D eigenvalue weighted by Crippen LogP contribution is 2.49. The molecule has 7 rings (SSSR count). The Kier molecular flexibility index (Phi) is 8.68. The van der Waals surface area contributed by atoms with Crippen LogP contribution in [0.15, 0.2) is 34.0 Å². The third-order valence-electron chi connectivity index (χ3n) is 9.63. The van der Waals surface area contributed by atoms with Gasteiger partial charge in [0.2, 0.25) is 0 Å². The summed E-state index contributed by atoms with van der Waals surface area (Å²) in [6.07, 6.45) is 2.74. The highest BCUT2D eigenvalue weighted by atomic mass is 35.5. The number of piperazine rings is 1. The van der Waals surface area contributed by atoms with Gasteiger partial charge < -0.3 is 19.3 Å². The minimum Gasteiger partial charge on any atom is -0.444 e. The molecule has 0 N–H and O–H groups in total. The molecule has 0 spiro atoms. The smallest absolute Gasteiger partial charge is 0.410 e. The van der Waals surface area contributed by atoms with Crippen LogP contribution in [-0.4, -0.2) is 94.3 Å². The third-order valence-corrected chi connectivity index (χ3v) is 11.2. The molecule has 252 valence electrons. The Morgan fingerprint density at radius 2 is 2.00 bits per heavy atom. The molecular formula is C34H40ClF2N5O4S. The molecule has 0 unspecified atom stereocenters. The Morgan fingerprint density at radius 1 is 1.19 bits per heavy atom. The first-order chi connectivity index (χ1) is 22.4. The van der Waals surface area contributed by atoms with E-state index in [1.54, 1.807) is 27.3 Å². The van der Waals surface area contributed by atoms with Crippen molar-refractivity contribution >= 4 is 46.2 Å². The zero-order valence-corrected chi connectivity index (χ0v) is 28.7. The lowest BCUT2D eigenvalue weighted by Crippen LogP contribution is -2.55. The molecule has 1 amide bonds. The predicted octanol–water partition coefficient (Wildman–Crippen LogP) is 6.34. The summed E-state index contributed by atoms with van der Waals surface area (Å²) in [4.78, 5) is 38.5. The summed E-state index contributed by atoms with van der Waals surface area (Å²) in [5.74, 6) is -0.310. The van der Waals surface area contributed by atoms with Gasteiger partial charge in [-0.1, -0.05) is 11.6 Å². The van der Waals surface area contributed by atoms with Crippen molar-refractivity contribution in [2.45, 2.75) is 81.7 Å². The number of anilines is 1. The largest absolute Gasteiger partial charge is 0.444 e. The fourth-order valence-electron chi connectivity index (χ4n) is 7.48. The molecule has 2 aromatic carbocycles. The Bertz CT molecular complexity index is 1780. The van der Waals surface area contributed by atoms with Crippen molar-refractivity contribution in [2.24, 2.45) is 0 Å². The lowest BCUT2D eigenvalue weighted by atomic mass is 10.0. The second-order valence-corrected chi connectivity index (χ2v) is 15.5. The van der Waals surface area contributed by atoms with Crippen molar-refractivity contribution in [1.82, 2.24) is 19.4 Å². The number of carbonyl (C=O) groups is 1. The lowest BCUT2D eigenvalue weighted by Gasteiger charge is -2.41. The molecule has 13 heteroatoms. The number of ether oxygens (including phenoxy) is 2. The molecule has 9 nitrogen and oxygen atoms in total. The summed E-state index contributed by atoms with van der Waals surface area (Å²) in [6.45, 7) is 11.4. The fraction of sp³-hybridized carbons (Fsp3) is 0.559. The number of likely N-dealkylation sites (tertiary alicyclic amines) is 1. The molecule has 0 radical (unpaired) electrons. The van der Waals surface area contributed by atoms with Crippen LogP contribution in [0.3, 0.4) is 0 Å². The second kappa shape index (κ2) is 12.5. The molecule has 4 aliphatic rings. The standard InChI is InChI=1S/C34H40ClF2N5O4S/c1-19-15-40(33(44)46-34(2,3)4)10-11-41(19)31-25-14-26(35)28(24-8-7-20(36)12-27(24)37)30-29(25)42(32(43)38-31)21(18-47-30)6-5-9-39-16-23-13-22(39)17-45-23/h7-8,12,14,19,21-23H,5-6,9-11,13,15-18H2,1-4H3/t19-,21+,22-,23-/m0/s1. The van der Waals surface area contributed by atoms with Crippen LogP contribution < -0.4 is 10.6 Å². The SMILES string of the molecule is C[C@H]1CN(C(=O)OC(C)(C)C)CCN1c1nc(=O)n2c3c(c(-c4ccc(F)cc4F)c(Cl)cc13)SC[C@H]2CCCN1C[C@@H]2C[C@H]1CO2. The number of hydrogen-bond donors (Lipinski definition) is 0. The quantitative estimate of drug-likeness (QED) is 0.297. The van der Waals surface area contributed by atoms with Crippen LogP contribution in [0, 0.1) is 11.6 Å². The molecule has 3 aromatic rings. The van der Waals surface area contributed by atoms with E-state index in [4.69, 9.17) is 21.1 Å². The fourth-order valence-corrected chi connectivity index (χ4v) is 9.23. The summed E-state index contributed by atoms with van der Waals surface area (Å²) in [5.41, 5.74) is 0.310. The van der Waals surface area contributed by atoms with Crippen molar-refractivity contribution < 1.29 is 23.0 Å². The van der Waals surface area contributed by atoms with Gasteiger partial charge in [-0.05, 0) is 71.7 Å². The first-order valence-electron chi connectivity index (χ1n) is 16.3. The summed E-state index contributed by atoms with van der Waals surface area (Å²) < 4.78 is 42.3. The van der Waals surface area contributed by atoms with E-state index in [0.717, 1.165) is 45.0 Å². The molecule has 3 fully saturated rings. The highest BCUT2D eigenvalue weighted by molar-refractivity contribution is 7.99. The average Bonchev–Trinajstić information content (AvgIpc) is 3.63. The van der Waals surface area contributed by atoms with Gasteiger partial charge in [0.05, 0.1) is 23.3 Å². The summed E-state index contributed by atoms with van der Waals surface area (Å²) in [5, 5.41) is 0.989. The monoisotopic (exact) mass is 687 g/mol. The molecule has 4 aliphatic heterocycles. The van der Waals surface area contributed by atoms with Crippen molar-refractivity contribution in [1.29, 1.82) is 0 Å². The molecule has 0 aliphatic carbocycles. The Morgan fingerprint density at radius 3 is 2.68 bits per heavy atom. The number of fused-ring (bicyclic) bond motifs is 2. The topological polar surface area (TPSA) is 80.1 Å². The first-order valence-corrected chi connectivity index (χ1v) is 17.7. The average molecular weight is 688 g/mol. The Labute approximate surface area is 282 Å². The molecular weight excluding hydrogens is 648 g/mol. The van der Waals surface area contributed by atoms with Gasteiger partial charge in [0.15, 0.2) is 0 Å². The molecule has 4 atom stereocenters. The van der Waals surface area contributed by atoms with Crippen molar-refractivity contribution in [3.63, 3.8) is 0 Å². The molecule has 0 saturated carbocycles. The zero-order valence-electron chi connectivity index (χ0n) is 27.1. The Balaban J connectivity index is 1.27.